The molecular formula is C16H16O3. The van der Waals surface area contributed by atoms with E-state index in [1.165, 1.54) is 0 Å². The number of rotatable bonds is 0. The Kier molecular flexibility index (Phi) is 2.05. The van der Waals surface area contributed by atoms with Gasteiger partial charge in [-0.25, -0.2) is 4.79 Å². The van der Waals surface area contributed by atoms with E-state index in [-0.39, 0.29) is 17.7 Å². The average Bonchev–Trinajstić information content (AvgIpc) is 2.77. The summed E-state index contributed by atoms with van der Waals surface area (Å²) in [7, 11) is 0. The predicted molar refractivity (Wildman–Crippen MR) is 68.5 cm³/mol. The molecular weight excluding hydrogens is 240 g/mol. The molecule has 2 bridgehead atoms. The van der Waals surface area contributed by atoms with E-state index in [1.54, 1.807) is 0 Å². The Morgan fingerprint density at radius 2 is 2.05 bits per heavy atom. The first kappa shape index (κ1) is 11.2. The van der Waals surface area contributed by atoms with Crippen LogP contribution in [0, 0.1) is 17.8 Å². The van der Waals surface area contributed by atoms with Crippen LogP contribution < -0.4 is 0 Å². The molecule has 2 fully saturated rings. The lowest BCUT2D eigenvalue weighted by Gasteiger charge is -2.39. The molecule has 2 unspecified atom stereocenters. The summed E-state index contributed by atoms with van der Waals surface area (Å²) in [5.74, 6) is 0.482. The number of fused-ring (bicyclic) bond motifs is 1. The smallest absolute Gasteiger partial charge is 0.339 e. The zero-order valence-electron chi connectivity index (χ0n) is 10.9. The molecule has 1 spiro atoms. The van der Waals surface area contributed by atoms with Crippen molar-refractivity contribution in [2.45, 2.75) is 31.8 Å². The van der Waals surface area contributed by atoms with Gasteiger partial charge >= 0.3 is 5.97 Å². The molecule has 1 aromatic carbocycles. The standard InChI is InChI=1S/C16H16O3/c1-9-8-10-6-7-13(17)14(9)16(10)12-5-3-2-4-11(12)15(18)19-16/h2-5,9-10,14H,6-8H2,1H3/t9?,10-,14-,16?/m1/s1. The molecule has 19 heavy (non-hydrogen) atoms. The Morgan fingerprint density at radius 1 is 1.26 bits per heavy atom. The molecule has 2 aliphatic carbocycles. The van der Waals surface area contributed by atoms with Crippen LogP contribution in [0.5, 0.6) is 0 Å². The van der Waals surface area contributed by atoms with E-state index in [0.717, 1.165) is 18.4 Å². The van der Waals surface area contributed by atoms with Gasteiger partial charge in [0.25, 0.3) is 0 Å². The van der Waals surface area contributed by atoms with Crippen molar-refractivity contribution < 1.29 is 14.3 Å². The molecule has 1 aromatic rings. The zero-order valence-corrected chi connectivity index (χ0v) is 10.9. The van der Waals surface area contributed by atoms with E-state index in [1.807, 2.05) is 24.3 Å². The second kappa shape index (κ2) is 3.47. The highest BCUT2D eigenvalue weighted by Gasteiger charge is 2.65. The van der Waals surface area contributed by atoms with Crippen molar-refractivity contribution in [3.8, 4) is 0 Å². The third kappa shape index (κ3) is 1.18. The molecule has 0 saturated heterocycles. The predicted octanol–water partition coefficient (Wildman–Crippen LogP) is 2.69. The van der Waals surface area contributed by atoms with Gasteiger partial charge < -0.3 is 4.74 Å². The maximum atomic E-state index is 12.3. The Labute approximate surface area is 111 Å². The van der Waals surface area contributed by atoms with Crippen molar-refractivity contribution in [3.05, 3.63) is 35.4 Å². The highest BCUT2D eigenvalue weighted by molar-refractivity contribution is 5.97. The summed E-state index contributed by atoms with van der Waals surface area (Å²) in [6.07, 6.45) is 2.47. The van der Waals surface area contributed by atoms with Crippen LogP contribution in [0.2, 0.25) is 0 Å². The molecule has 98 valence electrons. The lowest BCUT2D eigenvalue weighted by atomic mass is 9.69. The topological polar surface area (TPSA) is 43.4 Å². The maximum Gasteiger partial charge on any atom is 0.339 e. The van der Waals surface area contributed by atoms with Crippen LogP contribution >= 0.6 is 0 Å². The summed E-state index contributed by atoms with van der Waals surface area (Å²) in [6.45, 7) is 2.12. The first-order chi connectivity index (χ1) is 9.14. The molecule has 0 radical (unpaired) electrons. The van der Waals surface area contributed by atoms with Gasteiger partial charge in [-0.2, -0.15) is 0 Å². The molecule has 0 N–H and O–H groups in total. The van der Waals surface area contributed by atoms with Gasteiger partial charge in [0.1, 0.15) is 5.78 Å². The van der Waals surface area contributed by atoms with E-state index in [0.29, 0.717) is 23.8 Å². The van der Waals surface area contributed by atoms with Gasteiger partial charge in [0.2, 0.25) is 0 Å². The van der Waals surface area contributed by atoms with Crippen molar-refractivity contribution in [1.29, 1.82) is 0 Å². The lowest BCUT2D eigenvalue weighted by Crippen LogP contribution is -2.45. The summed E-state index contributed by atoms with van der Waals surface area (Å²) < 4.78 is 5.83. The minimum atomic E-state index is -0.650. The van der Waals surface area contributed by atoms with Crippen LogP contribution in [0.3, 0.4) is 0 Å². The molecule has 2 saturated carbocycles. The van der Waals surface area contributed by atoms with E-state index in [4.69, 9.17) is 4.74 Å². The summed E-state index contributed by atoms with van der Waals surface area (Å²) in [6, 6.07) is 7.58. The highest BCUT2D eigenvalue weighted by Crippen LogP contribution is 2.61. The molecule has 0 aromatic heterocycles. The van der Waals surface area contributed by atoms with Crippen molar-refractivity contribution in [2.24, 2.45) is 17.8 Å². The summed E-state index contributed by atoms with van der Waals surface area (Å²) in [5.41, 5.74) is 0.955. The number of hydrogen-bond acceptors (Lipinski definition) is 3. The van der Waals surface area contributed by atoms with Crippen molar-refractivity contribution in [2.75, 3.05) is 0 Å². The summed E-state index contributed by atoms with van der Waals surface area (Å²) in [4.78, 5) is 24.5. The van der Waals surface area contributed by atoms with Gasteiger partial charge in [0.05, 0.1) is 11.5 Å². The van der Waals surface area contributed by atoms with Crippen LogP contribution in [0.25, 0.3) is 0 Å². The average molecular weight is 256 g/mol. The Bertz CT molecular complexity index is 591. The first-order valence-electron chi connectivity index (χ1n) is 7.00. The number of ether oxygens (including phenoxy) is 1. The number of benzene rings is 1. The van der Waals surface area contributed by atoms with E-state index in [2.05, 4.69) is 6.92 Å². The van der Waals surface area contributed by atoms with Crippen LogP contribution in [0.15, 0.2) is 24.3 Å². The molecule has 4 rings (SSSR count). The number of ketones is 1. The van der Waals surface area contributed by atoms with E-state index in [9.17, 15) is 9.59 Å². The number of esters is 1. The largest absolute Gasteiger partial charge is 0.449 e. The molecule has 0 amide bonds. The van der Waals surface area contributed by atoms with E-state index < -0.39 is 5.60 Å². The van der Waals surface area contributed by atoms with Crippen LogP contribution in [0.1, 0.15) is 42.1 Å². The van der Waals surface area contributed by atoms with Gasteiger partial charge in [-0.05, 0) is 24.8 Å². The second-order valence-corrected chi connectivity index (χ2v) is 6.12. The highest BCUT2D eigenvalue weighted by atomic mass is 16.6. The van der Waals surface area contributed by atoms with Crippen LogP contribution in [0.4, 0.5) is 0 Å². The SMILES string of the molecule is CC1C[C@H]2CCC(=O)[C@@H]1C21OC(=O)c2ccccc21. The Morgan fingerprint density at radius 3 is 2.89 bits per heavy atom. The summed E-state index contributed by atoms with van der Waals surface area (Å²) in [5, 5.41) is 0. The fourth-order valence-corrected chi connectivity index (χ4v) is 4.60. The fraction of sp³-hybridized carbons (Fsp3) is 0.500. The maximum absolute atomic E-state index is 12.3. The van der Waals surface area contributed by atoms with Crippen molar-refractivity contribution in [1.82, 2.24) is 0 Å². The van der Waals surface area contributed by atoms with Crippen LogP contribution in [-0.2, 0) is 15.1 Å². The minimum Gasteiger partial charge on any atom is -0.449 e. The molecule has 3 aliphatic rings. The van der Waals surface area contributed by atoms with Gasteiger partial charge in [-0.3, -0.25) is 4.79 Å². The molecule has 4 atom stereocenters. The van der Waals surface area contributed by atoms with Crippen molar-refractivity contribution in [3.63, 3.8) is 0 Å². The molecule has 1 aliphatic heterocycles. The summed E-state index contributed by atoms with van der Waals surface area (Å²) >= 11 is 0. The first-order valence-corrected chi connectivity index (χ1v) is 7.00. The number of carbonyl (C=O) groups excluding carboxylic acids is 2. The Hall–Kier alpha value is -1.64. The third-order valence-corrected chi connectivity index (χ3v) is 5.21. The monoisotopic (exact) mass is 256 g/mol. The molecule has 1 heterocycles. The lowest BCUT2D eigenvalue weighted by molar-refractivity contribution is -0.141. The van der Waals surface area contributed by atoms with E-state index >= 15 is 0 Å². The molecule has 3 nitrogen and oxygen atoms in total. The minimum absolute atomic E-state index is 0.140. The van der Waals surface area contributed by atoms with Gasteiger partial charge in [0, 0.05) is 17.9 Å². The van der Waals surface area contributed by atoms with Gasteiger partial charge in [0.15, 0.2) is 5.60 Å². The zero-order chi connectivity index (χ0) is 13.2. The number of Topliss-reactive ketones (excluding diaryl/α,β-unsaturated/α-hetero) is 1. The number of hydrogen-bond donors (Lipinski definition) is 0. The normalized spacial score (nSPS) is 39.5. The fourth-order valence-electron chi connectivity index (χ4n) is 4.60. The Balaban J connectivity index is 1.96. The van der Waals surface area contributed by atoms with Crippen molar-refractivity contribution >= 4 is 11.8 Å². The quantitative estimate of drug-likeness (QED) is 0.670. The van der Waals surface area contributed by atoms with Gasteiger partial charge in [-0.15, -0.1) is 0 Å². The second-order valence-electron chi connectivity index (χ2n) is 6.12. The molecule has 3 heteroatoms. The van der Waals surface area contributed by atoms with Gasteiger partial charge in [-0.1, -0.05) is 25.1 Å². The van der Waals surface area contributed by atoms with Crippen LogP contribution in [-0.4, -0.2) is 11.8 Å². The number of carbonyl (C=O) groups is 2. The third-order valence-electron chi connectivity index (χ3n) is 5.21.